The van der Waals surface area contributed by atoms with Crippen molar-refractivity contribution in [2.75, 3.05) is 0 Å². The molecule has 1 aromatic rings. The van der Waals surface area contributed by atoms with E-state index >= 15 is 0 Å². The van der Waals surface area contributed by atoms with Gasteiger partial charge >= 0.3 is 0 Å². The van der Waals surface area contributed by atoms with E-state index in [1.165, 1.54) is 11.3 Å². The van der Waals surface area contributed by atoms with Crippen LogP contribution in [0.3, 0.4) is 0 Å². The summed E-state index contributed by atoms with van der Waals surface area (Å²) in [6, 6.07) is -0.0418. The fourth-order valence-corrected chi connectivity index (χ4v) is 1.86. The van der Waals surface area contributed by atoms with Crippen LogP contribution in [0.5, 0.6) is 0 Å². The number of carbonyl (C=O) groups is 1. The molecule has 1 amide bonds. The maximum atomic E-state index is 11.6. The number of rotatable bonds is 4. The molecule has 0 aliphatic heterocycles. The Balaban J connectivity index is 2.45. The Bertz CT molecular complexity index is 316. The molecule has 5 heteroatoms. The van der Waals surface area contributed by atoms with Crippen molar-refractivity contribution >= 4 is 17.2 Å². The second-order valence-electron chi connectivity index (χ2n) is 4.32. The number of nitrogens with two attached hydrogens (primary N) is 1. The lowest BCUT2D eigenvalue weighted by molar-refractivity contribution is -0.122. The summed E-state index contributed by atoms with van der Waals surface area (Å²) in [5.74, 6) is -0.0369. The van der Waals surface area contributed by atoms with Crippen molar-refractivity contribution in [2.45, 2.75) is 38.8 Å². The van der Waals surface area contributed by atoms with Gasteiger partial charge in [0.1, 0.15) is 5.01 Å². The molecule has 1 aromatic heterocycles. The predicted octanol–water partition coefficient (Wildman–Crippen LogP) is 1.45. The zero-order valence-electron chi connectivity index (χ0n) is 9.28. The Morgan fingerprint density at radius 2 is 2.40 bits per heavy atom. The van der Waals surface area contributed by atoms with Gasteiger partial charge < -0.3 is 11.1 Å². The highest BCUT2D eigenvalue weighted by Crippen LogP contribution is 2.15. The number of amides is 1. The zero-order chi connectivity index (χ0) is 11.5. The van der Waals surface area contributed by atoms with E-state index in [0.29, 0.717) is 6.42 Å². The Kier molecular flexibility index (Phi) is 3.82. The molecule has 1 atom stereocenters. The average Bonchev–Trinajstić information content (AvgIpc) is 2.50. The first kappa shape index (κ1) is 12.1. The smallest absolute Gasteiger partial charge is 0.222 e. The SMILES string of the molecule is CC(NC(=O)CC(C)(C)N)c1nccs1. The van der Waals surface area contributed by atoms with Crippen molar-refractivity contribution in [3.63, 3.8) is 0 Å². The summed E-state index contributed by atoms with van der Waals surface area (Å²) in [6.45, 7) is 5.58. The molecule has 0 aliphatic carbocycles. The second kappa shape index (κ2) is 4.72. The van der Waals surface area contributed by atoms with Crippen LogP contribution in [-0.2, 0) is 4.79 Å². The first-order chi connectivity index (χ1) is 6.88. The van der Waals surface area contributed by atoms with Crippen molar-refractivity contribution in [1.29, 1.82) is 0 Å². The number of hydrogen-bond donors (Lipinski definition) is 2. The number of carbonyl (C=O) groups excluding carboxylic acids is 1. The maximum Gasteiger partial charge on any atom is 0.222 e. The number of aromatic nitrogens is 1. The summed E-state index contributed by atoms with van der Waals surface area (Å²) in [6.07, 6.45) is 2.05. The van der Waals surface area contributed by atoms with E-state index in [9.17, 15) is 4.79 Å². The minimum atomic E-state index is -0.466. The van der Waals surface area contributed by atoms with Gasteiger partial charge in [0.25, 0.3) is 0 Å². The lowest BCUT2D eigenvalue weighted by Gasteiger charge is -2.19. The second-order valence-corrected chi connectivity index (χ2v) is 5.25. The van der Waals surface area contributed by atoms with Crippen LogP contribution >= 0.6 is 11.3 Å². The summed E-state index contributed by atoms with van der Waals surface area (Å²) in [5, 5.41) is 5.68. The molecule has 1 unspecified atom stereocenters. The minimum absolute atomic E-state index is 0.0369. The van der Waals surface area contributed by atoms with Gasteiger partial charge in [0.15, 0.2) is 0 Å². The monoisotopic (exact) mass is 227 g/mol. The van der Waals surface area contributed by atoms with E-state index in [-0.39, 0.29) is 11.9 Å². The molecule has 3 N–H and O–H groups in total. The van der Waals surface area contributed by atoms with Gasteiger partial charge in [-0.2, -0.15) is 0 Å². The number of thiazole rings is 1. The van der Waals surface area contributed by atoms with Gasteiger partial charge in [-0.15, -0.1) is 11.3 Å². The summed E-state index contributed by atoms with van der Waals surface area (Å²) in [7, 11) is 0. The quantitative estimate of drug-likeness (QED) is 0.818. The van der Waals surface area contributed by atoms with E-state index in [1.807, 2.05) is 26.2 Å². The molecule has 1 rings (SSSR count). The summed E-state index contributed by atoms with van der Waals surface area (Å²) < 4.78 is 0. The summed E-state index contributed by atoms with van der Waals surface area (Å²) >= 11 is 1.53. The summed E-state index contributed by atoms with van der Waals surface area (Å²) in [5.41, 5.74) is 5.29. The third kappa shape index (κ3) is 4.40. The summed E-state index contributed by atoms with van der Waals surface area (Å²) in [4.78, 5) is 15.7. The number of nitrogens with one attached hydrogen (secondary N) is 1. The molecular formula is C10H17N3OS. The van der Waals surface area contributed by atoms with Crippen LogP contribution in [-0.4, -0.2) is 16.4 Å². The van der Waals surface area contributed by atoms with Crippen LogP contribution in [0, 0.1) is 0 Å². The standard InChI is InChI=1S/C10H17N3OS/c1-7(9-12-4-5-15-9)13-8(14)6-10(2,3)11/h4-5,7H,6,11H2,1-3H3,(H,13,14). The molecule has 1 heterocycles. The van der Waals surface area contributed by atoms with Gasteiger partial charge in [-0.05, 0) is 20.8 Å². The normalized spacial score (nSPS) is 13.6. The molecule has 0 spiro atoms. The van der Waals surface area contributed by atoms with Gasteiger partial charge in [0.05, 0.1) is 6.04 Å². The molecule has 0 fully saturated rings. The molecule has 0 radical (unpaired) electrons. The van der Waals surface area contributed by atoms with Crippen LogP contribution in [0.4, 0.5) is 0 Å². The molecule has 0 aromatic carbocycles. The molecule has 0 bridgehead atoms. The molecule has 15 heavy (non-hydrogen) atoms. The van der Waals surface area contributed by atoms with Gasteiger partial charge in [-0.3, -0.25) is 4.79 Å². The molecule has 0 saturated heterocycles. The Labute approximate surface area is 93.9 Å². The lowest BCUT2D eigenvalue weighted by Crippen LogP contribution is -2.39. The fourth-order valence-electron chi connectivity index (χ4n) is 1.22. The number of hydrogen-bond acceptors (Lipinski definition) is 4. The Hall–Kier alpha value is -0.940. The number of nitrogens with zero attached hydrogens (tertiary/aromatic N) is 1. The minimum Gasteiger partial charge on any atom is -0.347 e. The van der Waals surface area contributed by atoms with Crippen molar-refractivity contribution in [2.24, 2.45) is 5.73 Å². The van der Waals surface area contributed by atoms with E-state index in [4.69, 9.17) is 5.73 Å². The molecule has 0 aliphatic rings. The van der Waals surface area contributed by atoms with Crippen LogP contribution in [0.2, 0.25) is 0 Å². The molecule has 4 nitrogen and oxygen atoms in total. The van der Waals surface area contributed by atoms with E-state index < -0.39 is 5.54 Å². The van der Waals surface area contributed by atoms with Crippen LogP contribution in [0.1, 0.15) is 38.2 Å². The fraction of sp³-hybridized carbons (Fsp3) is 0.600. The third-order valence-corrected chi connectivity index (χ3v) is 2.77. The van der Waals surface area contributed by atoms with Crippen molar-refractivity contribution in [1.82, 2.24) is 10.3 Å². The third-order valence-electron chi connectivity index (χ3n) is 1.82. The van der Waals surface area contributed by atoms with Gasteiger partial charge in [0.2, 0.25) is 5.91 Å². The Morgan fingerprint density at radius 3 is 2.87 bits per heavy atom. The largest absolute Gasteiger partial charge is 0.347 e. The van der Waals surface area contributed by atoms with Gasteiger partial charge in [-0.1, -0.05) is 0 Å². The maximum absolute atomic E-state index is 11.6. The van der Waals surface area contributed by atoms with Crippen LogP contribution in [0.15, 0.2) is 11.6 Å². The van der Waals surface area contributed by atoms with E-state index in [2.05, 4.69) is 10.3 Å². The molecular weight excluding hydrogens is 210 g/mol. The van der Waals surface area contributed by atoms with Gasteiger partial charge in [-0.25, -0.2) is 4.98 Å². The molecule has 0 saturated carbocycles. The Morgan fingerprint density at radius 1 is 1.73 bits per heavy atom. The van der Waals surface area contributed by atoms with Crippen LogP contribution in [0.25, 0.3) is 0 Å². The molecule has 84 valence electrons. The zero-order valence-corrected chi connectivity index (χ0v) is 10.1. The highest BCUT2D eigenvalue weighted by atomic mass is 32.1. The van der Waals surface area contributed by atoms with Crippen molar-refractivity contribution in [3.8, 4) is 0 Å². The highest BCUT2D eigenvalue weighted by Gasteiger charge is 2.18. The first-order valence-corrected chi connectivity index (χ1v) is 5.74. The predicted molar refractivity (Wildman–Crippen MR) is 61.6 cm³/mol. The lowest BCUT2D eigenvalue weighted by atomic mass is 10.0. The first-order valence-electron chi connectivity index (χ1n) is 4.86. The topological polar surface area (TPSA) is 68.0 Å². The van der Waals surface area contributed by atoms with E-state index in [0.717, 1.165) is 5.01 Å². The highest BCUT2D eigenvalue weighted by molar-refractivity contribution is 7.09. The van der Waals surface area contributed by atoms with E-state index in [1.54, 1.807) is 6.20 Å². The van der Waals surface area contributed by atoms with Crippen LogP contribution < -0.4 is 11.1 Å². The average molecular weight is 227 g/mol. The van der Waals surface area contributed by atoms with Crippen molar-refractivity contribution < 1.29 is 4.79 Å². The van der Waals surface area contributed by atoms with Gasteiger partial charge in [0, 0.05) is 23.5 Å². The van der Waals surface area contributed by atoms with Crippen molar-refractivity contribution in [3.05, 3.63) is 16.6 Å².